The first-order chi connectivity index (χ1) is 15.6. The smallest absolute Gasteiger partial charge is 0.119 e. The van der Waals surface area contributed by atoms with E-state index < -0.39 is 0 Å². The molecule has 0 saturated heterocycles. The van der Waals surface area contributed by atoms with Crippen molar-refractivity contribution in [3.8, 4) is 5.75 Å². The van der Waals surface area contributed by atoms with Crippen LogP contribution in [0.5, 0.6) is 5.75 Å². The Bertz CT molecular complexity index is 1020. The highest BCUT2D eigenvalue weighted by Gasteiger charge is 2.58. The maximum absolute atomic E-state index is 11.4. The third-order valence-electron chi connectivity index (χ3n) is 9.44. The van der Waals surface area contributed by atoms with Gasteiger partial charge in [-0.25, -0.2) is 0 Å². The summed E-state index contributed by atoms with van der Waals surface area (Å²) in [5, 5.41) is 11.4. The van der Waals surface area contributed by atoms with Gasteiger partial charge < -0.3 is 9.84 Å². The Kier molecular flexibility index (Phi) is 4.94. The Hall–Kier alpha value is -2.13. The summed E-state index contributed by atoms with van der Waals surface area (Å²) in [6, 6.07) is 17.6. The van der Waals surface area contributed by atoms with Gasteiger partial charge in [0, 0.05) is 12.1 Å². The molecule has 3 nitrogen and oxygen atoms in total. The third kappa shape index (κ3) is 3.23. The molecule has 0 heterocycles. The van der Waals surface area contributed by atoms with E-state index in [9.17, 15) is 5.11 Å². The molecule has 1 N–H and O–H groups in total. The lowest BCUT2D eigenvalue weighted by atomic mass is 9.55. The molecule has 8 atom stereocenters. The second-order valence-corrected chi connectivity index (χ2v) is 11.0. The van der Waals surface area contributed by atoms with E-state index in [4.69, 9.17) is 9.73 Å². The van der Waals surface area contributed by atoms with E-state index in [2.05, 4.69) is 61.7 Å². The Morgan fingerprint density at radius 1 is 1.06 bits per heavy atom. The fraction of sp³-hybridized carbons (Fsp3) is 0.552. The zero-order valence-corrected chi connectivity index (χ0v) is 19.3. The van der Waals surface area contributed by atoms with Crippen molar-refractivity contribution in [2.45, 2.75) is 69.4 Å². The van der Waals surface area contributed by atoms with Gasteiger partial charge in [-0.1, -0.05) is 43.3 Å². The first-order valence-electron chi connectivity index (χ1n) is 12.5. The summed E-state index contributed by atoms with van der Waals surface area (Å²) in [6.07, 6.45) is 8.77. The van der Waals surface area contributed by atoms with E-state index in [1.54, 1.807) is 7.11 Å². The molecule has 6 rings (SSSR count). The lowest BCUT2D eigenvalue weighted by Gasteiger charge is -2.50. The minimum atomic E-state index is -0.309. The van der Waals surface area contributed by atoms with Crippen LogP contribution in [0.4, 0.5) is 0 Å². The van der Waals surface area contributed by atoms with Gasteiger partial charge in [0.2, 0.25) is 0 Å². The van der Waals surface area contributed by atoms with Gasteiger partial charge in [0.15, 0.2) is 0 Å². The number of aliphatic imine (C=N–C) groups is 1. The molecular weight excluding hydrogens is 394 g/mol. The van der Waals surface area contributed by atoms with Crippen LogP contribution in [-0.2, 0) is 6.42 Å². The van der Waals surface area contributed by atoms with Crippen LogP contribution in [0.3, 0.4) is 0 Å². The van der Waals surface area contributed by atoms with Crippen molar-refractivity contribution < 1.29 is 9.84 Å². The van der Waals surface area contributed by atoms with Crippen LogP contribution in [0.1, 0.15) is 67.6 Å². The highest BCUT2D eigenvalue weighted by molar-refractivity contribution is 5.67. The lowest BCUT2D eigenvalue weighted by Crippen LogP contribution is -2.44. The van der Waals surface area contributed by atoms with Crippen LogP contribution < -0.4 is 4.74 Å². The lowest BCUT2D eigenvalue weighted by molar-refractivity contribution is -0.0254. The van der Waals surface area contributed by atoms with E-state index in [0.29, 0.717) is 29.6 Å². The topological polar surface area (TPSA) is 41.8 Å². The van der Waals surface area contributed by atoms with Crippen molar-refractivity contribution in [2.75, 3.05) is 7.11 Å². The number of rotatable bonds is 4. The van der Waals surface area contributed by atoms with E-state index in [0.717, 1.165) is 25.0 Å². The number of ether oxygens (including phenoxy) is 1. The number of nitrogens with zero attached hydrogens (tertiary/aromatic N) is 1. The maximum Gasteiger partial charge on any atom is 0.119 e. The van der Waals surface area contributed by atoms with Gasteiger partial charge in [0.05, 0.1) is 19.3 Å². The van der Waals surface area contributed by atoms with Crippen molar-refractivity contribution in [3.05, 3.63) is 65.2 Å². The largest absolute Gasteiger partial charge is 0.497 e. The first-order valence-corrected chi connectivity index (χ1v) is 12.5. The Balaban J connectivity index is 1.19. The molecule has 3 heteroatoms. The maximum atomic E-state index is 11.4. The molecule has 2 aromatic carbocycles. The summed E-state index contributed by atoms with van der Waals surface area (Å²) in [5.74, 6) is 4.00. The molecule has 0 amide bonds. The summed E-state index contributed by atoms with van der Waals surface area (Å²) in [5.41, 5.74) is 4.45. The molecule has 168 valence electrons. The zero-order valence-electron chi connectivity index (χ0n) is 19.3. The summed E-state index contributed by atoms with van der Waals surface area (Å²) in [6.45, 7) is 2.35. The number of aliphatic hydroxyl groups excluding tert-OH is 1. The standard InChI is InChI=1S/C29H35NO2/c1-29-13-12-23-22-11-9-21(32-2)14-19(22)8-10-24(23)26(29)16-27(28(29)31)30-17-20-15-25(20)18-6-4-3-5-7-18/h3-7,9,11,14,17,20,23-28,31H,8,10,12-13,15-16H2,1-2H3/t20-,23-,24-,25-,26+,27+,28+,29+/m1/s1. The Morgan fingerprint density at radius 3 is 2.72 bits per heavy atom. The monoisotopic (exact) mass is 429 g/mol. The van der Waals surface area contributed by atoms with Crippen LogP contribution in [0.25, 0.3) is 0 Å². The molecule has 0 bridgehead atoms. The predicted octanol–water partition coefficient (Wildman–Crippen LogP) is 5.77. The van der Waals surface area contributed by atoms with Gasteiger partial charge in [-0.2, -0.15) is 0 Å². The molecular formula is C29H35NO2. The predicted molar refractivity (Wildman–Crippen MR) is 129 cm³/mol. The fourth-order valence-corrected chi connectivity index (χ4v) is 7.50. The summed E-state index contributed by atoms with van der Waals surface area (Å²) in [4.78, 5) is 5.02. The zero-order chi connectivity index (χ0) is 21.9. The van der Waals surface area contributed by atoms with Gasteiger partial charge in [-0.15, -0.1) is 0 Å². The second kappa shape index (κ2) is 7.73. The highest BCUT2D eigenvalue weighted by atomic mass is 16.5. The number of aliphatic hydroxyl groups is 1. The summed E-state index contributed by atoms with van der Waals surface area (Å²) in [7, 11) is 1.75. The SMILES string of the molecule is COc1ccc2c(c1)CC[C@@H]1[C@@H]2CC[C@]2(C)[C@@H](O)[C@@H](N=C[C@H]3C[C@@H]3c3ccccc3)C[C@@H]12. The van der Waals surface area contributed by atoms with E-state index in [-0.39, 0.29) is 17.6 Å². The number of hydrogen-bond donors (Lipinski definition) is 1. The molecule has 3 saturated carbocycles. The van der Waals surface area contributed by atoms with Crippen molar-refractivity contribution >= 4 is 6.21 Å². The average Bonchev–Trinajstić information content (AvgIpc) is 3.57. The molecule has 4 aliphatic rings. The van der Waals surface area contributed by atoms with E-state index in [1.165, 1.54) is 36.0 Å². The van der Waals surface area contributed by atoms with Crippen LogP contribution in [0.2, 0.25) is 0 Å². The normalized spacial score (nSPS) is 39.9. The number of fused-ring (bicyclic) bond motifs is 5. The van der Waals surface area contributed by atoms with Gasteiger partial charge in [0.25, 0.3) is 0 Å². The molecule has 0 radical (unpaired) electrons. The third-order valence-corrected chi connectivity index (χ3v) is 9.44. The van der Waals surface area contributed by atoms with Gasteiger partial charge in [-0.05, 0) is 96.4 Å². The first kappa shape index (κ1) is 20.5. The van der Waals surface area contributed by atoms with E-state index in [1.807, 2.05) is 0 Å². The molecule has 0 aromatic heterocycles. The summed E-state index contributed by atoms with van der Waals surface area (Å²) >= 11 is 0. The van der Waals surface area contributed by atoms with Crippen LogP contribution >= 0.6 is 0 Å². The molecule has 0 unspecified atom stereocenters. The van der Waals surface area contributed by atoms with Gasteiger partial charge in [-0.3, -0.25) is 4.99 Å². The van der Waals surface area contributed by atoms with Crippen molar-refractivity contribution in [1.29, 1.82) is 0 Å². The Morgan fingerprint density at radius 2 is 1.91 bits per heavy atom. The average molecular weight is 430 g/mol. The fourth-order valence-electron chi connectivity index (χ4n) is 7.50. The number of benzene rings is 2. The van der Waals surface area contributed by atoms with Crippen molar-refractivity contribution in [2.24, 2.45) is 28.2 Å². The minimum Gasteiger partial charge on any atom is -0.497 e. The molecule has 4 aliphatic carbocycles. The molecule has 2 aromatic rings. The van der Waals surface area contributed by atoms with Gasteiger partial charge in [0.1, 0.15) is 5.75 Å². The summed E-state index contributed by atoms with van der Waals surface area (Å²) < 4.78 is 5.47. The number of methoxy groups -OCH3 is 1. The Labute approximate surface area is 191 Å². The second-order valence-electron chi connectivity index (χ2n) is 11.0. The van der Waals surface area contributed by atoms with Crippen molar-refractivity contribution in [1.82, 2.24) is 0 Å². The number of aryl methyl sites for hydroxylation is 1. The van der Waals surface area contributed by atoms with Crippen molar-refractivity contribution in [3.63, 3.8) is 0 Å². The van der Waals surface area contributed by atoms with Crippen LogP contribution in [0, 0.1) is 23.2 Å². The minimum absolute atomic E-state index is 0.00945. The van der Waals surface area contributed by atoms with Crippen LogP contribution in [-0.4, -0.2) is 30.6 Å². The molecule has 32 heavy (non-hydrogen) atoms. The highest BCUT2D eigenvalue weighted by Crippen LogP contribution is 2.61. The molecule has 0 aliphatic heterocycles. The van der Waals surface area contributed by atoms with E-state index >= 15 is 0 Å². The molecule has 0 spiro atoms. The van der Waals surface area contributed by atoms with Gasteiger partial charge >= 0.3 is 0 Å². The molecule has 3 fully saturated rings. The van der Waals surface area contributed by atoms with Crippen LogP contribution in [0.15, 0.2) is 53.5 Å². The quantitative estimate of drug-likeness (QED) is 0.627. The number of hydrogen-bond acceptors (Lipinski definition) is 3.